The van der Waals surface area contributed by atoms with E-state index in [0.717, 1.165) is 66.7 Å². The number of H-pyrrole nitrogens is 1. The molecule has 0 bridgehead atoms. The normalized spacial score (nSPS) is 15.0. The summed E-state index contributed by atoms with van der Waals surface area (Å²) < 4.78 is 24.8. The monoisotopic (exact) mass is 500 g/mol. The predicted molar refractivity (Wildman–Crippen MR) is 145 cm³/mol. The molecule has 1 aromatic heterocycles. The first-order valence-corrected chi connectivity index (χ1v) is 13.1. The van der Waals surface area contributed by atoms with Crippen LogP contribution >= 0.6 is 0 Å². The molecule has 5 nitrogen and oxygen atoms in total. The van der Waals surface area contributed by atoms with Crippen molar-refractivity contribution in [2.75, 3.05) is 24.7 Å². The van der Waals surface area contributed by atoms with E-state index in [-0.39, 0.29) is 17.8 Å². The summed E-state index contributed by atoms with van der Waals surface area (Å²) in [6.45, 7) is 5.86. The van der Waals surface area contributed by atoms with Crippen molar-refractivity contribution in [1.82, 2.24) is 4.98 Å². The number of rotatable bonds is 9. The standard InChI is InChI=1S/C31H33FN2O3/c1-3-5-16-37-26-12-13-27-22(19-26)14-15-34(25-10-8-24(32)9-11-25)30(27)18-21-6-7-23-20-29(31(35)36-4-2)33-28(23)17-21/h6-13,17,19-20,30,33H,3-5,14-16,18H2,1-2H3. The number of aromatic amines is 1. The van der Waals surface area contributed by atoms with E-state index in [2.05, 4.69) is 47.1 Å². The second-order valence-electron chi connectivity index (χ2n) is 9.53. The molecule has 0 fully saturated rings. The molecule has 37 heavy (non-hydrogen) atoms. The lowest BCUT2D eigenvalue weighted by atomic mass is 9.88. The van der Waals surface area contributed by atoms with Crippen LogP contribution < -0.4 is 9.64 Å². The molecule has 0 saturated carbocycles. The van der Waals surface area contributed by atoms with Gasteiger partial charge >= 0.3 is 5.97 Å². The topological polar surface area (TPSA) is 54.6 Å². The SMILES string of the molecule is CCCCOc1ccc2c(c1)CCN(c1ccc(F)cc1)C2Cc1ccc2cc(C(=O)OCC)[nH]c2c1. The molecule has 1 unspecified atom stereocenters. The highest BCUT2D eigenvalue weighted by atomic mass is 19.1. The van der Waals surface area contributed by atoms with E-state index in [9.17, 15) is 9.18 Å². The molecule has 0 saturated heterocycles. The van der Waals surface area contributed by atoms with Gasteiger partial charge in [0.1, 0.15) is 17.3 Å². The number of carbonyl (C=O) groups is 1. The van der Waals surface area contributed by atoms with Gasteiger partial charge in [0, 0.05) is 23.1 Å². The van der Waals surface area contributed by atoms with Crippen LogP contribution in [0, 0.1) is 5.82 Å². The van der Waals surface area contributed by atoms with E-state index in [1.807, 2.05) is 24.3 Å². The molecule has 0 radical (unpaired) electrons. The highest BCUT2D eigenvalue weighted by Gasteiger charge is 2.28. The zero-order chi connectivity index (χ0) is 25.8. The summed E-state index contributed by atoms with van der Waals surface area (Å²) in [6, 6.07) is 21.4. The largest absolute Gasteiger partial charge is 0.494 e. The van der Waals surface area contributed by atoms with Crippen molar-refractivity contribution in [1.29, 1.82) is 0 Å². The van der Waals surface area contributed by atoms with Crippen molar-refractivity contribution in [3.63, 3.8) is 0 Å². The molecule has 3 aromatic carbocycles. The summed E-state index contributed by atoms with van der Waals surface area (Å²) in [5, 5.41) is 0.972. The fourth-order valence-corrected chi connectivity index (χ4v) is 5.12. The Bertz CT molecular complexity index is 1380. The Labute approximate surface area is 217 Å². The van der Waals surface area contributed by atoms with E-state index in [0.29, 0.717) is 12.3 Å². The summed E-state index contributed by atoms with van der Waals surface area (Å²) in [4.78, 5) is 17.8. The van der Waals surface area contributed by atoms with E-state index in [1.165, 1.54) is 23.3 Å². The van der Waals surface area contributed by atoms with Crippen LogP contribution in [0.4, 0.5) is 10.1 Å². The Kier molecular flexibility index (Phi) is 7.45. The molecular weight excluding hydrogens is 467 g/mol. The van der Waals surface area contributed by atoms with Crippen molar-refractivity contribution < 1.29 is 18.7 Å². The number of ether oxygens (including phenoxy) is 2. The van der Waals surface area contributed by atoms with Crippen molar-refractivity contribution in [3.05, 3.63) is 94.9 Å². The lowest BCUT2D eigenvalue weighted by Crippen LogP contribution is -2.36. The Morgan fingerprint density at radius 2 is 1.89 bits per heavy atom. The predicted octanol–water partition coefficient (Wildman–Crippen LogP) is 7.01. The number of nitrogens with zero attached hydrogens (tertiary/aromatic N) is 1. The van der Waals surface area contributed by atoms with Crippen molar-refractivity contribution in [2.24, 2.45) is 0 Å². The van der Waals surface area contributed by atoms with Crippen LogP contribution in [-0.4, -0.2) is 30.7 Å². The van der Waals surface area contributed by atoms with Crippen LogP contribution in [0.2, 0.25) is 0 Å². The molecule has 192 valence electrons. The average molecular weight is 501 g/mol. The highest BCUT2D eigenvalue weighted by molar-refractivity contribution is 5.95. The van der Waals surface area contributed by atoms with Gasteiger partial charge in [-0.15, -0.1) is 0 Å². The summed E-state index contributed by atoms with van der Waals surface area (Å²) in [7, 11) is 0. The van der Waals surface area contributed by atoms with Crippen LogP contribution in [0.5, 0.6) is 5.75 Å². The van der Waals surface area contributed by atoms with Gasteiger partial charge in [-0.3, -0.25) is 0 Å². The van der Waals surface area contributed by atoms with E-state index < -0.39 is 0 Å². The van der Waals surface area contributed by atoms with Gasteiger partial charge in [0.25, 0.3) is 0 Å². The Balaban J connectivity index is 1.47. The maximum absolute atomic E-state index is 13.7. The van der Waals surface area contributed by atoms with E-state index in [1.54, 1.807) is 6.92 Å². The molecule has 6 heteroatoms. The van der Waals surface area contributed by atoms with E-state index >= 15 is 0 Å². The summed E-state index contributed by atoms with van der Waals surface area (Å²) in [6.07, 6.45) is 3.81. The molecule has 2 heterocycles. The first-order valence-electron chi connectivity index (χ1n) is 13.1. The molecule has 1 N–H and O–H groups in total. The number of hydrogen-bond acceptors (Lipinski definition) is 4. The second kappa shape index (κ2) is 11.1. The number of nitrogens with one attached hydrogen (secondary N) is 1. The number of carbonyl (C=O) groups excluding carboxylic acids is 1. The summed E-state index contributed by atoms with van der Waals surface area (Å²) >= 11 is 0. The van der Waals surface area contributed by atoms with Gasteiger partial charge in [0.05, 0.1) is 19.3 Å². The second-order valence-corrected chi connectivity index (χ2v) is 9.53. The lowest BCUT2D eigenvalue weighted by molar-refractivity contribution is 0.0520. The molecule has 5 rings (SSSR count). The van der Waals surface area contributed by atoms with Crippen molar-refractivity contribution in [3.8, 4) is 5.75 Å². The smallest absolute Gasteiger partial charge is 0.354 e. The van der Waals surface area contributed by atoms with Crippen molar-refractivity contribution in [2.45, 2.75) is 45.6 Å². The number of esters is 1. The van der Waals surface area contributed by atoms with Gasteiger partial charge in [-0.25, -0.2) is 9.18 Å². The Morgan fingerprint density at radius 3 is 2.68 bits per heavy atom. The van der Waals surface area contributed by atoms with Crippen LogP contribution in [-0.2, 0) is 17.6 Å². The van der Waals surface area contributed by atoms with Crippen LogP contribution in [0.1, 0.15) is 59.9 Å². The number of unbranched alkanes of at least 4 members (excludes halogenated alkanes) is 1. The number of fused-ring (bicyclic) bond motifs is 2. The summed E-state index contributed by atoms with van der Waals surface area (Å²) in [5.41, 5.74) is 6.08. The minimum atomic E-state index is -0.346. The first kappa shape index (κ1) is 24.9. The molecule has 0 amide bonds. The zero-order valence-electron chi connectivity index (χ0n) is 21.4. The third kappa shape index (κ3) is 5.48. The van der Waals surface area contributed by atoms with Crippen LogP contribution in [0.25, 0.3) is 10.9 Å². The zero-order valence-corrected chi connectivity index (χ0v) is 21.4. The number of halogens is 1. The maximum atomic E-state index is 13.7. The molecule has 4 aromatic rings. The van der Waals surface area contributed by atoms with Gasteiger partial charge in [-0.05, 0) is 91.4 Å². The number of hydrogen-bond donors (Lipinski definition) is 1. The van der Waals surface area contributed by atoms with Gasteiger partial charge in [-0.2, -0.15) is 0 Å². The molecule has 1 aliphatic heterocycles. The van der Waals surface area contributed by atoms with Gasteiger partial charge in [0.2, 0.25) is 0 Å². The maximum Gasteiger partial charge on any atom is 0.354 e. The number of anilines is 1. The minimum absolute atomic E-state index is 0.0795. The average Bonchev–Trinajstić information content (AvgIpc) is 3.33. The summed E-state index contributed by atoms with van der Waals surface area (Å²) in [5.74, 6) is 0.336. The van der Waals surface area contributed by atoms with Gasteiger partial charge in [0.15, 0.2) is 0 Å². The Morgan fingerprint density at radius 1 is 1.05 bits per heavy atom. The third-order valence-electron chi connectivity index (χ3n) is 7.01. The number of aromatic nitrogens is 1. The highest BCUT2D eigenvalue weighted by Crippen LogP contribution is 2.38. The quantitative estimate of drug-likeness (QED) is 0.198. The molecule has 1 atom stereocenters. The molecular formula is C31H33FN2O3. The molecule has 1 aliphatic rings. The van der Waals surface area contributed by atoms with Crippen LogP contribution in [0.15, 0.2) is 66.7 Å². The lowest BCUT2D eigenvalue weighted by Gasteiger charge is -2.39. The molecule has 0 aliphatic carbocycles. The van der Waals surface area contributed by atoms with Crippen molar-refractivity contribution >= 4 is 22.6 Å². The third-order valence-corrected chi connectivity index (χ3v) is 7.01. The Hall–Kier alpha value is -3.80. The van der Waals surface area contributed by atoms with Gasteiger partial charge < -0.3 is 19.4 Å². The minimum Gasteiger partial charge on any atom is -0.494 e. The first-order chi connectivity index (χ1) is 18.1. The van der Waals surface area contributed by atoms with Gasteiger partial charge in [-0.1, -0.05) is 31.5 Å². The molecule has 0 spiro atoms. The fourth-order valence-electron chi connectivity index (χ4n) is 5.12. The fraction of sp³-hybridized carbons (Fsp3) is 0.323. The number of benzene rings is 3. The van der Waals surface area contributed by atoms with E-state index in [4.69, 9.17) is 9.47 Å². The van der Waals surface area contributed by atoms with Crippen LogP contribution in [0.3, 0.4) is 0 Å².